The summed E-state index contributed by atoms with van der Waals surface area (Å²) < 4.78 is 24.9. The Morgan fingerprint density at radius 1 is 1.45 bits per heavy atom. The number of ether oxygens (including phenoxy) is 2. The molecule has 1 unspecified atom stereocenters. The lowest BCUT2D eigenvalue weighted by Gasteiger charge is -2.21. The van der Waals surface area contributed by atoms with Crippen LogP contribution in [0.4, 0.5) is 10.1 Å². The first kappa shape index (κ1) is 21.3. The maximum atomic E-state index is 13.5. The van der Waals surface area contributed by atoms with Gasteiger partial charge in [-0.05, 0) is 24.6 Å². The van der Waals surface area contributed by atoms with E-state index < -0.39 is 11.9 Å². The van der Waals surface area contributed by atoms with Gasteiger partial charge in [-0.1, -0.05) is 17.7 Å². The van der Waals surface area contributed by atoms with E-state index in [-0.39, 0.29) is 24.4 Å². The molecule has 1 aromatic heterocycles. The van der Waals surface area contributed by atoms with Crippen LogP contribution in [-0.2, 0) is 4.79 Å². The van der Waals surface area contributed by atoms with Gasteiger partial charge >= 0.3 is 0 Å². The minimum absolute atomic E-state index is 0.0338. The minimum Gasteiger partial charge on any atom is -0.489 e. The number of carbonyl (C=O) groups is 1. The largest absolute Gasteiger partial charge is 0.489 e. The van der Waals surface area contributed by atoms with Gasteiger partial charge in [-0.2, -0.15) is 0 Å². The van der Waals surface area contributed by atoms with Crippen LogP contribution in [-0.4, -0.2) is 59.3 Å². The Morgan fingerprint density at radius 2 is 2.28 bits per heavy atom. The van der Waals surface area contributed by atoms with Crippen molar-refractivity contribution < 1.29 is 23.8 Å². The van der Waals surface area contributed by atoms with Gasteiger partial charge in [0.2, 0.25) is 11.8 Å². The van der Waals surface area contributed by atoms with E-state index in [2.05, 4.69) is 15.2 Å². The molecule has 1 aromatic carbocycles. The van der Waals surface area contributed by atoms with Crippen molar-refractivity contribution >= 4 is 23.2 Å². The van der Waals surface area contributed by atoms with Gasteiger partial charge in [-0.25, -0.2) is 9.37 Å². The molecule has 0 spiro atoms. The SMILES string of the molecule is CC(=O)Nc1ccc(F)cc1OC[C@@H](O)CN1CCC(Oc2cccc(Cl)n2)C1. The number of hydrogen-bond donors (Lipinski definition) is 2. The molecule has 2 N–H and O–H groups in total. The molecule has 3 rings (SSSR count). The first-order valence-electron chi connectivity index (χ1n) is 9.28. The Balaban J connectivity index is 1.47. The Bertz CT molecular complexity index is 854. The maximum Gasteiger partial charge on any atom is 0.221 e. The summed E-state index contributed by atoms with van der Waals surface area (Å²) in [5.41, 5.74) is 0.356. The van der Waals surface area contributed by atoms with Gasteiger partial charge in [-0.3, -0.25) is 9.69 Å². The third-order valence-electron chi connectivity index (χ3n) is 4.36. The van der Waals surface area contributed by atoms with Crippen molar-refractivity contribution in [2.75, 3.05) is 31.6 Å². The zero-order valence-corrected chi connectivity index (χ0v) is 16.7. The standard InChI is InChI=1S/C20H23ClFN3O4/c1-13(26)23-17-6-5-14(22)9-18(17)28-12-15(27)10-25-8-7-16(11-25)29-20-4-2-3-19(21)24-20/h2-6,9,15-16,27H,7-8,10-12H2,1H3,(H,23,26)/t15-,16?/m0/s1. The van der Waals surface area contributed by atoms with E-state index >= 15 is 0 Å². The number of nitrogens with one attached hydrogen (secondary N) is 1. The Kier molecular flexibility index (Phi) is 7.24. The smallest absolute Gasteiger partial charge is 0.221 e. The number of aliphatic hydroxyl groups excluding tert-OH is 1. The number of halogens is 2. The molecule has 29 heavy (non-hydrogen) atoms. The van der Waals surface area contributed by atoms with Gasteiger partial charge in [0.05, 0.1) is 5.69 Å². The third kappa shape index (κ3) is 6.56. The lowest BCUT2D eigenvalue weighted by atomic mass is 10.2. The van der Waals surface area contributed by atoms with Crippen molar-refractivity contribution in [3.63, 3.8) is 0 Å². The van der Waals surface area contributed by atoms with Crippen molar-refractivity contribution in [2.45, 2.75) is 25.6 Å². The number of nitrogens with zero attached hydrogens (tertiary/aromatic N) is 2. The molecule has 1 fully saturated rings. The van der Waals surface area contributed by atoms with Crippen molar-refractivity contribution in [2.24, 2.45) is 0 Å². The fourth-order valence-electron chi connectivity index (χ4n) is 3.13. The molecule has 0 aliphatic carbocycles. The monoisotopic (exact) mass is 423 g/mol. The van der Waals surface area contributed by atoms with Crippen molar-refractivity contribution in [1.82, 2.24) is 9.88 Å². The van der Waals surface area contributed by atoms with Gasteiger partial charge in [-0.15, -0.1) is 0 Å². The Morgan fingerprint density at radius 3 is 3.03 bits per heavy atom. The number of amides is 1. The van der Waals surface area contributed by atoms with Crippen molar-refractivity contribution in [3.05, 3.63) is 47.4 Å². The van der Waals surface area contributed by atoms with E-state index in [0.717, 1.165) is 13.0 Å². The summed E-state index contributed by atoms with van der Waals surface area (Å²) in [5.74, 6) is -0.129. The molecule has 1 aliphatic heterocycles. The molecule has 0 bridgehead atoms. The number of β-amino-alcohol motifs (C(OH)–C–C–N with tert-alkyl or cyclic N) is 1. The summed E-state index contributed by atoms with van der Waals surface area (Å²) >= 11 is 5.87. The predicted molar refractivity (Wildman–Crippen MR) is 107 cm³/mol. The van der Waals surface area contributed by atoms with Gasteiger partial charge in [0.15, 0.2) is 0 Å². The van der Waals surface area contributed by atoms with Crippen LogP contribution in [0.1, 0.15) is 13.3 Å². The van der Waals surface area contributed by atoms with Gasteiger partial charge in [0, 0.05) is 38.7 Å². The molecule has 1 aliphatic rings. The maximum absolute atomic E-state index is 13.5. The zero-order chi connectivity index (χ0) is 20.8. The average Bonchev–Trinajstić information content (AvgIpc) is 3.08. The van der Waals surface area contributed by atoms with E-state index in [1.807, 2.05) is 0 Å². The topological polar surface area (TPSA) is 83.9 Å². The van der Waals surface area contributed by atoms with E-state index in [4.69, 9.17) is 21.1 Å². The van der Waals surface area contributed by atoms with Crippen LogP contribution in [0.25, 0.3) is 0 Å². The molecule has 2 atom stereocenters. The highest BCUT2D eigenvalue weighted by Crippen LogP contribution is 2.26. The molecule has 7 nitrogen and oxygen atoms in total. The number of carbonyl (C=O) groups excluding carboxylic acids is 1. The summed E-state index contributed by atoms with van der Waals surface area (Å²) in [6.07, 6.45) is -0.0200. The number of likely N-dealkylation sites (tertiary alicyclic amines) is 1. The first-order valence-corrected chi connectivity index (χ1v) is 9.66. The van der Waals surface area contributed by atoms with Crippen LogP contribution in [0.3, 0.4) is 0 Å². The predicted octanol–water partition coefficient (Wildman–Crippen LogP) is 2.73. The molecular weight excluding hydrogens is 401 g/mol. The van der Waals surface area contributed by atoms with E-state index in [9.17, 15) is 14.3 Å². The number of aromatic nitrogens is 1. The second-order valence-corrected chi connectivity index (χ2v) is 7.26. The van der Waals surface area contributed by atoms with Gasteiger partial charge < -0.3 is 19.9 Å². The van der Waals surface area contributed by atoms with Crippen LogP contribution in [0.5, 0.6) is 11.6 Å². The Hall–Kier alpha value is -2.42. The van der Waals surface area contributed by atoms with Crippen LogP contribution in [0.15, 0.2) is 36.4 Å². The lowest BCUT2D eigenvalue weighted by molar-refractivity contribution is -0.114. The molecule has 1 saturated heterocycles. The number of hydrogen-bond acceptors (Lipinski definition) is 6. The zero-order valence-electron chi connectivity index (χ0n) is 16.0. The normalized spacial score (nSPS) is 17.7. The summed E-state index contributed by atoms with van der Waals surface area (Å²) in [7, 11) is 0. The number of aliphatic hydroxyl groups is 1. The lowest BCUT2D eigenvalue weighted by Crippen LogP contribution is -2.35. The van der Waals surface area contributed by atoms with Crippen LogP contribution in [0.2, 0.25) is 5.15 Å². The second kappa shape index (κ2) is 9.87. The van der Waals surface area contributed by atoms with Crippen molar-refractivity contribution in [3.8, 4) is 11.6 Å². The molecule has 1 amide bonds. The number of rotatable bonds is 8. The van der Waals surface area contributed by atoms with Gasteiger partial charge in [0.25, 0.3) is 0 Å². The van der Waals surface area contributed by atoms with Crippen LogP contribution >= 0.6 is 11.6 Å². The fourth-order valence-corrected chi connectivity index (χ4v) is 3.29. The van der Waals surface area contributed by atoms with Gasteiger partial charge in [0.1, 0.15) is 35.5 Å². The molecular formula is C20H23ClFN3O4. The molecule has 2 aromatic rings. The average molecular weight is 424 g/mol. The number of benzene rings is 1. The molecule has 2 heterocycles. The summed E-state index contributed by atoms with van der Waals surface area (Å²) in [5, 5.41) is 13.3. The molecule has 156 valence electrons. The fraction of sp³-hybridized carbons (Fsp3) is 0.400. The highest BCUT2D eigenvalue weighted by Gasteiger charge is 2.26. The summed E-state index contributed by atoms with van der Waals surface area (Å²) in [6, 6.07) is 9.04. The summed E-state index contributed by atoms with van der Waals surface area (Å²) in [6.45, 7) is 3.11. The summed E-state index contributed by atoms with van der Waals surface area (Å²) in [4.78, 5) is 17.4. The number of anilines is 1. The molecule has 0 saturated carbocycles. The third-order valence-corrected chi connectivity index (χ3v) is 4.57. The van der Waals surface area contributed by atoms with Crippen molar-refractivity contribution in [1.29, 1.82) is 0 Å². The van der Waals surface area contributed by atoms with Crippen LogP contribution < -0.4 is 14.8 Å². The van der Waals surface area contributed by atoms with Crippen LogP contribution in [0, 0.1) is 5.82 Å². The van der Waals surface area contributed by atoms with E-state index in [1.54, 1.807) is 18.2 Å². The highest BCUT2D eigenvalue weighted by molar-refractivity contribution is 6.29. The molecule has 9 heteroatoms. The first-order chi connectivity index (χ1) is 13.9. The molecule has 0 radical (unpaired) electrons. The second-order valence-electron chi connectivity index (χ2n) is 6.87. The highest BCUT2D eigenvalue weighted by atomic mass is 35.5. The van der Waals surface area contributed by atoms with E-state index in [0.29, 0.717) is 29.8 Å². The van der Waals surface area contributed by atoms with E-state index in [1.165, 1.54) is 25.1 Å². The number of pyridine rings is 1. The quantitative estimate of drug-likeness (QED) is 0.635. The minimum atomic E-state index is -0.786. The Labute approximate surface area is 173 Å².